The van der Waals surface area contributed by atoms with Gasteiger partial charge in [0.1, 0.15) is 11.2 Å². The predicted molar refractivity (Wildman–Crippen MR) is 99.5 cm³/mol. The van der Waals surface area contributed by atoms with E-state index >= 15 is 0 Å². The standard InChI is InChI=1S/C11H10O3.C10H8O3/c1-13-11(12)7-8-2-3-10-9(6-8)4-5-14-10;11-10(12)6-7-1-2-9-8(5-7)3-4-13-9/h2-6H,7H2,1H3;1-5H,6H2,(H,11,12). The molecule has 0 radical (unpaired) electrons. The molecule has 0 aliphatic heterocycles. The molecule has 0 aliphatic rings. The third-order valence-corrected chi connectivity index (χ3v) is 3.97. The van der Waals surface area contributed by atoms with Crippen molar-refractivity contribution in [1.82, 2.24) is 0 Å². The monoisotopic (exact) mass is 366 g/mol. The van der Waals surface area contributed by atoms with Crippen LogP contribution in [0.2, 0.25) is 0 Å². The Balaban J connectivity index is 0.000000156. The van der Waals surface area contributed by atoms with Crippen LogP contribution in [0.15, 0.2) is 69.9 Å². The van der Waals surface area contributed by atoms with Crippen molar-refractivity contribution in [3.05, 3.63) is 72.2 Å². The Morgan fingerprint density at radius 3 is 1.85 bits per heavy atom. The smallest absolute Gasteiger partial charge is 0.309 e. The number of furan rings is 2. The summed E-state index contributed by atoms with van der Waals surface area (Å²) < 4.78 is 14.9. The fourth-order valence-corrected chi connectivity index (χ4v) is 2.67. The van der Waals surface area contributed by atoms with Gasteiger partial charge in [-0.25, -0.2) is 0 Å². The lowest BCUT2D eigenvalue weighted by atomic mass is 10.1. The van der Waals surface area contributed by atoms with E-state index in [-0.39, 0.29) is 12.4 Å². The second kappa shape index (κ2) is 8.23. The molecule has 4 aromatic rings. The number of methoxy groups -OCH3 is 1. The first kappa shape index (κ1) is 18.3. The molecule has 1 N–H and O–H groups in total. The lowest BCUT2D eigenvalue weighted by Crippen LogP contribution is -2.03. The Labute approximate surface area is 155 Å². The first-order valence-electron chi connectivity index (χ1n) is 8.26. The highest BCUT2D eigenvalue weighted by Crippen LogP contribution is 2.18. The van der Waals surface area contributed by atoms with E-state index in [9.17, 15) is 9.59 Å². The van der Waals surface area contributed by atoms with Crippen LogP contribution in [0.4, 0.5) is 0 Å². The second-order valence-electron chi connectivity index (χ2n) is 5.91. The Morgan fingerprint density at radius 1 is 0.852 bits per heavy atom. The van der Waals surface area contributed by atoms with Gasteiger partial charge in [-0.2, -0.15) is 0 Å². The SMILES string of the molecule is COC(=O)Cc1ccc2occc2c1.O=C(O)Cc1ccc2occc2c1. The quantitative estimate of drug-likeness (QED) is 0.544. The van der Waals surface area contributed by atoms with Crippen LogP contribution in [0.3, 0.4) is 0 Å². The van der Waals surface area contributed by atoms with Crippen LogP contribution >= 0.6 is 0 Å². The van der Waals surface area contributed by atoms with Crippen molar-refractivity contribution in [1.29, 1.82) is 0 Å². The number of ether oxygens (including phenoxy) is 1. The summed E-state index contributed by atoms with van der Waals surface area (Å²) in [6.07, 6.45) is 3.58. The van der Waals surface area contributed by atoms with Gasteiger partial charge in [0.05, 0.1) is 32.5 Å². The van der Waals surface area contributed by atoms with Crippen molar-refractivity contribution in [2.24, 2.45) is 0 Å². The molecule has 0 saturated heterocycles. The fraction of sp³-hybridized carbons (Fsp3) is 0.143. The van der Waals surface area contributed by atoms with E-state index in [0.717, 1.165) is 33.1 Å². The highest BCUT2D eigenvalue weighted by Gasteiger charge is 2.04. The summed E-state index contributed by atoms with van der Waals surface area (Å²) in [5, 5.41) is 10.5. The number of fused-ring (bicyclic) bond motifs is 2. The van der Waals surface area contributed by atoms with Gasteiger partial charge in [-0.3, -0.25) is 9.59 Å². The van der Waals surface area contributed by atoms with Gasteiger partial charge in [-0.05, 0) is 47.5 Å². The third-order valence-electron chi connectivity index (χ3n) is 3.97. The van der Waals surface area contributed by atoms with Gasteiger partial charge in [-0.15, -0.1) is 0 Å². The number of carbonyl (C=O) groups excluding carboxylic acids is 1. The molecular formula is C21H18O6. The molecule has 6 heteroatoms. The van der Waals surface area contributed by atoms with E-state index in [1.807, 2.05) is 36.4 Å². The van der Waals surface area contributed by atoms with Crippen LogP contribution in [0.1, 0.15) is 11.1 Å². The molecule has 0 fully saturated rings. The van der Waals surface area contributed by atoms with E-state index in [2.05, 4.69) is 4.74 Å². The van der Waals surface area contributed by atoms with Gasteiger partial charge in [0, 0.05) is 10.8 Å². The minimum absolute atomic E-state index is 0.0567. The Bertz CT molecular complexity index is 1070. The Morgan fingerprint density at radius 2 is 1.37 bits per heavy atom. The molecule has 0 aliphatic carbocycles. The van der Waals surface area contributed by atoms with Crippen molar-refractivity contribution >= 4 is 33.9 Å². The second-order valence-corrected chi connectivity index (χ2v) is 5.91. The fourth-order valence-electron chi connectivity index (χ4n) is 2.67. The largest absolute Gasteiger partial charge is 0.481 e. The summed E-state index contributed by atoms with van der Waals surface area (Å²) in [6, 6.07) is 14.7. The molecule has 2 heterocycles. The van der Waals surface area contributed by atoms with Gasteiger partial charge < -0.3 is 18.7 Å². The van der Waals surface area contributed by atoms with Gasteiger partial charge >= 0.3 is 11.9 Å². The number of carboxylic acids is 1. The van der Waals surface area contributed by atoms with Crippen LogP contribution in [0, 0.1) is 0 Å². The number of esters is 1. The molecular weight excluding hydrogens is 348 g/mol. The molecule has 138 valence electrons. The topological polar surface area (TPSA) is 89.9 Å². The minimum atomic E-state index is -0.817. The molecule has 0 atom stereocenters. The molecule has 0 saturated carbocycles. The summed E-state index contributed by atoms with van der Waals surface area (Å²) in [5.41, 5.74) is 3.35. The first-order valence-corrected chi connectivity index (χ1v) is 8.26. The minimum Gasteiger partial charge on any atom is -0.481 e. The number of carboxylic acid groups (broad SMARTS) is 1. The lowest BCUT2D eigenvalue weighted by Gasteiger charge is -1.99. The maximum Gasteiger partial charge on any atom is 0.309 e. The van der Waals surface area contributed by atoms with E-state index in [1.165, 1.54) is 7.11 Å². The van der Waals surface area contributed by atoms with Gasteiger partial charge in [0.15, 0.2) is 0 Å². The lowest BCUT2D eigenvalue weighted by molar-refractivity contribution is -0.140. The van der Waals surface area contributed by atoms with Gasteiger partial charge in [-0.1, -0.05) is 12.1 Å². The average Bonchev–Trinajstić information content (AvgIpc) is 3.29. The Kier molecular flexibility index (Phi) is 5.56. The number of carbonyl (C=O) groups is 2. The summed E-state index contributed by atoms with van der Waals surface area (Å²) in [5.74, 6) is -1.05. The zero-order valence-electron chi connectivity index (χ0n) is 14.7. The van der Waals surface area contributed by atoms with Crippen LogP contribution < -0.4 is 0 Å². The number of hydrogen-bond acceptors (Lipinski definition) is 5. The zero-order chi connectivity index (χ0) is 19.2. The van der Waals surface area contributed by atoms with Crippen LogP contribution in [-0.2, 0) is 27.2 Å². The molecule has 4 rings (SSSR count). The third kappa shape index (κ3) is 4.76. The molecule has 0 unspecified atom stereocenters. The van der Waals surface area contributed by atoms with Gasteiger partial charge in [0.2, 0.25) is 0 Å². The summed E-state index contributed by atoms with van der Waals surface area (Å²) in [6.45, 7) is 0. The van der Waals surface area contributed by atoms with Crippen molar-refractivity contribution in [2.75, 3.05) is 7.11 Å². The summed E-state index contributed by atoms with van der Waals surface area (Å²) in [7, 11) is 1.39. The number of hydrogen-bond donors (Lipinski definition) is 1. The zero-order valence-corrected chi connectivity index (χ0v) is 14.7. The number of aliphatic carboxylic acids is 1. The van der Waals surface area contributed by atoms with Crippen LogP contribution in [-0.4, -0.2) is 24.2 Å². The summed E-state index contributed by atoms with van der Waals surface area (Å²) in [4.78, 5) is 21.4. The summed E-state index contributed by atoms with van der Waals surface area (Å²) >= 11 is 0. The van der Waals surface area contributed by atoms with E-state index in [1.54, 1.807) is 24.7 Å². The molecule has 0 bridgehead atoms. The van der Waals surface area contributed by atoms with E-state index in [4.69, 9.17) is 13.9 Å². The average molecular weight is 366 g/mol. The molecule has 6 nitrogen and oxygen atoms in total. The predicted octanol–water partition coefficient (Wildman–Crippen LogP) is 4.21. The Hall–Kier alpha value is -3.54. The van der Waals surface area contributed by atoms with Crippen molar-refractivity contribution < 1.29 is 28.3 Å². The van der Waals surface area contributed by atoms with Crippen molar-refractivity contribution in [3.8, 4) is 0 Å². The first-order chi connectivity index (χ1) is 13.0. The number of benzene rings is 2. The highest BCUT2D eigenvalue weighted by atomic mass is 16.5. The molecule has 2 aromatic carbocycles. The van der Waals surface area contributed by atoms with Crippen LogP contribution in [0.25, 0.3) is 21.9 Å². The highest BCUT2D eigenvalue weighted by molar-refractivity contribution is 5.81. The molecule has 0 amide bonds. The number of rotatable bonds is 4. The molecule has 0 spiro atoms. The molecule has 2 aromatic heterocycles. The van der Waals surface area contributed by atoms with E-state index in [0.29, 0.717) is 6.42 Å². The molecule has 27 heavy (non-hydrogen) atoms. The maximum absolute atomic E-state index is 11.0. The van der Waals surface area contributed by atoms with Crippen LogP contribution in [0.5, 0.6) is 0 Å². The van der Waals surface area contributed by atoms with E-state index < -0.39 is 5.97 Å². The van der Waals surface area contributed by atoms with Crippen molar-refractivity contribution in [2.45, 2.75) is 12.8 Å². The van der Waals surface area contributed by atoms with Gasteiger partial charge in [0.25, 0.3) is 0 Å². The normalized spacial score (nSPS) is 10.4. The van der Waals surface area contributed by atoms with Crippen molar-refractivity contribution in [3.63, 3.8) is 0 Å². The maximum atomic E-state index is 11.0.